The van der Waals surface area contributed by atoms with Gasteiger partial charge in [-0.25, -0.2) is 0 Å². The summed E-state index contributed by atoms with van der Waals surface area (Å²) < 4.78 is 10.6. The highest BCUT2D eigenvalue weighted by Gasteiger charge is 2.15. The molecule has 0 aromatic heterocycles. The van der Waals surface area contributed by atoms with Crippen LogP contribution in [0.3, 0.4) is 0 Å². The molecule has 1 aliphatic rings. The lowest BCUT2D eigenvalue weighted by Gasteiger charge is -2.03. The van der Waals surface area contributed by atoms with Crippen molar-refractivity contribution in [3.8, 4) is 11.5 Å². The first-order chi connectivity index (χ1) is 6.92. The molecule has 0 fully saturated rings. The van der Waals surface area contributed by atoms with Crippen LogP contribution in [0.5, 0.6) is 11.5 Å². The van der Waals surface area contributed by atoms with E-state index in [2.05, 4.69) is 5.32 Å². The van der Waals surface area contributed by atoms with Gasteiger partial charge >= 0.3 is 0 Å². The number of rotatable bonds is 2. The van der Waals surface area contributed by atoms with E-state index in [1.165, 1.54) is 0 Å². The van der Waals surface area contributed by atoms with Crippen LogP contribution < -0.4 is 14.8 Å². The van der Waals surface area contributed by atoms with E-state index in [0.717, 1.165) is 23.6 Å². The van der Waals surface area contributed by atoms with Gasteiger partial charge in [-0.3, -0.25) is 0 Å². The summed E-state index contributed by atoms with van der Waals surface area (Å²) in [5.41, 5.74) is 1.15. The summed E-state index contributed by atoms with van der Waals surface area (Å²) in [6.07, 6.45) is 0. The lowest BCUT2D eigenvalue weighted by Crippen LogP contribution is -2.05. The Hall–Kier alpha value is -1.22. The van der Waals surface area contributed by atoms with Gasteiger partial charge in [-0.15, -0.1) is 0 Å². The van der Waals surface area contributed by atoms with Crippen LogP contribution in [0.25, 0.3) is 0 Å². The summed E-state index contributed by atoms with van der Waals surface area (Å²) in [7, 11) is 1.91. The van der Waals surface area contributed by atoms with Crippen LogP contribution in [0.15, 0.2) is 18.2 Å². The van der Waals surface area contributed by atoms with Gasteiger partial charge in [0, 0.05) is 12.1 Å². The summed E-state index contributed by atoms with van der Waals surface area (Å²) >= 11 is 0. The molecule has 0 atom stereocenters. The third-order valence-corrected chi connectivity index (χ3v) is 1.85. The maximum atomic E-state index is 5.32. The highest BCUT2D eigenvalue weighted by molar-refractivity contribution is 5.47. The predicted octanol–water partition coefficient (Wildman–Crippen LogP) is 2.16. The van der Waals surface area contributed by atoms with Gasteiger partial charge in [0.1, 0.15) is 0 Å². The lowest BCUT2D eigenvalue weighted by molar-refractivity contribution is 0.173. The first kappa shape index (κ1) is 10.9. The molecule has 0 spiro atoms. The zero-order chi connectivity index (χ0) is 10.4. The lowest BCUT2D eigenvalue weighted by atomic mass is 10.2. The van der Waals surface area contributed by atoms with Crippen molar-refractivity contribution in [3.05, 3.63) is 23.8 Å². The maximum absolute atomic E-state index is 5.32. The first-order valence-corrected chi connectivity index (χ1v) is 4.94. The van der Waals surface area contributed by atoms with Crippen LogP contribution in [0.4, 0.5) is 0 Å². The molecule has 1 heterocycles. The molecule has 1 aromatic rings. The van der Waals surface area contributed by atoms with E-state index in [4.69, 9.17) is 9.47 Å². The zero-order valence-electron chi connectivity index (χ0n) is 8.96. The monoisotopic (exact) mass is 195 g/mol. The van der Waals surface area contributed by atoms with Crippen LogP contribution in [-0.2, 0) is 6.54 Å². The number of fused-ring (bicyclic) bond motifs is 1. The van der Waals surface area contributed by atoms with E-state index < -0.39 is 0 Å². The van der Waals surface area contributed by atoms with Crippen LogP contribution in [0, 0.1) is 0 Å². The van der Waals surface area contributed by atoms with E-state index in [1.54, 1.807) is 0 Å². The molecule has 3 nitrogen and oxygen atoms in total. The molecule has 14 heavy (non-hydrogen) atoms. The molecule has 0 saturated heterocycles. The fraction of sp³-hybridized carbons (Fsp3) is 0.455. The molecule has 2 rings (SSSR count). The normalized spacial score (nSPS) is 11.9. The predicted molar refractivity (Wildman–Crippen MR) is 56.7 cm³/mol. The smallest absolute Gasteiger partial charge is 0.231 e. The standard InChI is InChI=1S/C9H11NO2.C2H6/c1-10-5-7-3-2-4-8-9(7)12-6-11-8;1-2/h2-4,10H,5-6H2,1H3;1-2H3. The third kappa shape index (κ3) is 2.17. The minimum absolute atomic E-state index is 0.343. The fourth-order valence-corrected chi connectivity index (χ4v) is 1.32. The largest absolute Gasteiger partial charge is 0.454 e. The maximum Gasteiger partial charge on any atom is 0.231 e. The van der Waals surface area contributed by atoms with E-state index in [9.17, 15) is 0 Å². The highest BCUT2D eigenvalue weighted by atomic mass is 16.7. The number of nitrogens with one attached hydrogen (secondary N) is 1. The van der Waals surface area contributed by atoms with Gasteiger partial charge in [-0.05, 0) is 13.1 Å². The molecule has 0 saturated carbocycles. The van der Waals surface area contributed by atoms with Crippen molar-refractivity contribution in [2.45, 2.75) is 20.4 Å². The van der Waals surface area contributed by atoms with Crippen molar-refractivity contribution in [1.82, 2.24) is 5.32 Å². The molecule has 1 aliphatic heterocycles. The number of hydrogen-bond acceptors (Lipinski definition) is 3. The summed E-state index contributed by atoms with van der Waals surface area (Å²) in [5.74, 6) is 1.73. The molecule has 3 heteroatoms. The summed E-state index contributed by atoms with van der Waals surface area (Å²) in [6.45, 7) is 5.16. The van der Waals surface area contributed by atoms with Crippen LogP contribution in [0.2, 0.25) is 0 Å². The van der Waals surface area contributed by atoms with Gasteiger partial charge in [-0.2, -0.15) is 0 Å². The molecule has 0 radical (unpaired) electrons. The minimum atomic E-state index is 0.343. The van der Waals surface area contributed by atoms with Crippen LogP contribution >= 0.6 is 0 Å². The van der Waals surface area contributed by atoms with Gasteiger partial charge in [0.05, 0.1) is 0 Å². The average molecular weight is 195 g/mol. The van der Waals surface area contributed by atoms with Gasteiger partial charge in [-0.1, -0.05) is 26.0 Å². The molecule has 0 bridgehead atoms. The number of ether oxygens (including phenoxy) is 2. The highest BCUT2D eigenvalue weighted by Crippen LogP contribution is 2.34. The van der Waals surface area contributed by atoms with Gasteiger partial charge < -0.3 is 14.8 Å². The molecule has 1 aromatic carbocycles. The Balaban J connectivity index is 0.000000461. The molecule has 78 valence electrons. The fourth-order valence-electron chi connectivity index (χ4n) is 1.32. The Morgan fingerprint density at radius 1 is 1.29 bits per heavy atom. The quantitative estimate of drug-likeness (QED) is 0.784. The van der Waals surface area contributed by atoms with E-state index in [-0.39, 0.29) is 0 Å². The average Bonchev–Trinajstić information content (AvgIpc) is 2.70. The van der Waals surface area contributed by atoms with Crippen molar-refractivity contribution in [2.75, 3.05) is 13.8 Å². The number of para-hydroxylation sites is 1. The Bertz CT molecular complexity index is 287. The van der Waals surface area contributed by atoms with Crippen LogP contribution in [0.1, 0.15) is 19.4 Å². The Kier molecular flexibility index (Phi) is 4.26. The summed E-state index contributed by atoms with van der Waals surface area (Å²) in [4.78, 5) is 0. The van der Waals surface area contributed by atoms with Crippen LogP contribution in [-0.4, -0.2) is 13.8 Å². The second-order valence-corrected chi connectivity index (χ2v) is 2.68. The number of hydrogen-bond donors (Lipinski definition) is 1. The van der Waals surface area contributed by atoms with E-state index in [1.807, 2.05) is 39.1 Å². The van der Waals surface area contributed by atoms with Crippen molar-refractivity contribution in [3.63, 3.8) is 0 Å². The van der Waals surface area contributed by atoms with Crippen molar-refractivity contribution in [1.29, 1.82) is 0 Å². The Morgan fingerprint density at radius 3 is 2.79 bits per heavy atom. The third-order valence-electron chi connectivity index (χ3n) is 1.85. The molecule has 0 amide bonds. The molecule has 0 aliphatic carbocycles. The van der Waals surface area contributed by atoms with E-state index in [0.29, 0.717) is 6.79 Å². The second-order valence-electron chi connectivity index (χ2n) is 2.68. The van der Waals surface area contributed by atoms with Gasteiger partial charge in [0.25, 0.3) is 0 Å². The number of benzene rings is 1. The molecule has 0 unspecified atom stereocenters. The Labute approximate surface area is 85.0 Å². The molecular formula is C11H17NO2. The van der Waals surface area contributed by atoms with Gasteiger partial charge in [0.2, 0.25) is 6.79 Å². The molecule has 1 N–H and O–H groups in total. The van der Waals surface area contributed by atoms with Crippen molar-refractivity contribution in [2.24, 2.45) is 0 Å². The topological polar surface area (TPSA) is 30.5 Å². The first-order valence-electron chi connectivity index (χ1n) is 4.94. The summed E-state index contributed by atoms with van der Waals surface area (Å²) in [6, 6.07) is 5.92. The van der Waals surface area contributed by atoms with E-state index >= 15 is 0 Å². The molecular weight excluding hydrogens is 178 g/mol. The SMILES string of the molecule is CC.CNCc1cccc2c1OCO2. The van der Waals surface area contributed by atoms with Crippen molar-refractivity contribution >= 4 is 0 Å². The second kappa shape index (κ2) is 5.50. The van der Waals surface area contributed by atoms with Gasteiger partial charge in [0.15, 0.2) is 11.5 Å². The summed E-state index contributed by atoms with van der Waals surface area (Å²) in [5, 5.41) is 3.08. The minimum Gasteiger partial charge on any atom is -0.454 e. The Morgan fingerprint density at radius 2 is 2.07 bits per heavy atom. The van der Waals surface area contributed by atoms with Crippen molar-refractivity contribution < 1.29 is 9.47 Å². The zero-order valence-corrected chi connectivity index (χ0v) is 8.96.